The van der Waals surface area contributed by atoms with Crippen LogP contribution in [0.4, 0.5) is 11.4 Å². The standard InChI is InChI=1S/C16H23ClN2O2/c1-5-21-15-9-14(16(15,3)4)19-11-6-7-13(12(17)8-11)18-10(2)20/h6-8,14-15,19H,5,9H2,1-4H3,(H,18,20). The van der Waals surface area contributed by atoms with Crippen molar-refractivity contribution < 1.29 is 9.53 Å². The summed E-state index contributed by atoms with van der Waals surface area (Å²) in [6, 6.07) is 5.95. The molecule has 5 heteroatoms. The van der Waals surface area contributed by atoms with Crippen molar-refractivity contribution in [3.63, 3.8) is 0 Å². The first-order valence-electron chi connectivity index (χ1n) is 7.30. The lowest BCUT2D eigenvalue weighted by atomic mass is 9.64. The van der Waals surface area contributed by atoms with E-state index in [2.05, 4.69) is 24.5 Å². The molecular weight excluding hydrogens is 288 g/mol. The molecule has 0 saturated heterocycles. The monoisotopic (exact) mass is 310 g/mol. The fraction of sp³-hybridized carbons (Fsp3) is 0.562. The normalized spacial score (nSPS) is 23.3. The number of carbonyl (C=O) groups excluding carboxylic acids is 1. The molecule has 2 unspecified atom stereocenters. The summed E-state index contributed by atoms with van der Waals surface area (Å²) in [6.45, 7) is 8.66. The van der Waals surface area contributed by atoms with E-state index in [0.717, 1.165) is 18.7 Å². The van der Waals surface area contributed by atoms with E-state index in [9.17, 15) is 4.79 Å². The van der Waals surface area contributed by atoms with Gasteiger partial charge in [-0.25, -0.2) is 0 Å². The molecule has 1 aromatic rings. The van der Waals surface area contributed by atoms with Gasteiger partial charge in [0.2, 0.25) is 5.91 Å². The number of halogens is 1. The molecule has 4 nitrogen and oxygen atoms in total. The minimum atomic E-state index is -0.128. The summed E-state index contributed by atoms with van der Waals surface area (Å²) in [5, 5.41) is 6.74. The highest BCUT2D eigenvalue weighted by Crippen LogP contribution is 2.44. The molecular formula is C16H23ClN2O2. The van der Waals surface area contributed by atoms with Gasteiger partial charge >= 0.3 is 0 Å². The summed E-state index contributed by atoms with van der Waals surface area (Å²) in [4.78, 5) is 11.1. The zero-order valence-electron chi connectivity index (χ0n) is 13.0. The molecule has 116 valence electrons. The van der Waals surface area contributed by atoms with Crippen molar-refractivity contribution >= 4 is 28.9 Å². The number of anilines is 2. The van der Waals surface area contributed by atoms with E-state index in [4.69, 9.17) is 16.3 Å². The van der Waals surface area contributed by atoms with Crippen LogP contribution in [0.3, 0.4) is 0 Å². The van der Waals surface area contributed by atoms with E-state index in [1.165, 1.54) is 6.92 Å². The SMILES string of the molecule is CCOC1CC(Nc2ccc(NC(C)=O)c(Cl)c2)C1(C)C. The number of benzene rings is 1. The van der Waals surface area contributed by atoms with E-state index in [1.807, 2.05) is 25.1 Å². The van der Waals surface area contributed by atoms with E-state index in [0.29, 0.717) is 22.9 Å². The van der Waals surface area contributed by atoms with Crippen molar-refractivity contribution in [2.75, 3.05) is 17.2 Å². The topological polar surface area (TPSA) is 50.4 Å². The van der Waals surface area contributed by atoms with Crippen molar-refractivity contribution in [1.82, 2.24) is 0 Å². The van der Waals surface area contributed by atoms with Crippen LogP contribution in [0, 0.1) is 5.41 Å². The minimum Gasteiger partial charge on any atom is -0.382 e. The molecule has 21 heavy (non-hydrogen) atoms. The average molecular weight is 311 g/mol. The van der Waals surface area contributed by atoms with Crippen LogP contribution in [-0.2, 0) is 9.53 Å². The van der Waals surface area contributed by atoms with Crippen LogP contribution < -0.4 is 10.6 Å². The van der Waals surface area contributed by atoms with Gasteiger partial charge in [-0.1, -0.05) is 25.4 Å². The van der Waals surface area contributed by atoms with Crippen LogP contribution >= 0.6 is 11.6 Å². The molecule has 2 atom stereocenters. The molecule has 0 aliphatic heterocycles. The van der Waals surface area contributed by atoms with Crippen molar-refractivity contribution in [3.8, 4) is 0 Å². The summed E-state index contributed by atoms with van der Waals surface area (Å²) in [5.41, 5.74) is 1.69. The van der Waals surface area contributed by atoms with E-state index in [1.54, 1.807) is 0 Å². The Hall–Kier alpha value is -1.26. The lowest BCUT2D eigenvalue weighted by molar-refractivity contribution is -0.114. The van der Waals surface area contributed by atoms with E-state index in [-0.39, 0.29) is 11.3 Å². The first-order valence-corrected chi connectivity index (χ1v) is 7.67. The van der Waals surface area contributed by atoms with Crippen LogP contribution in [0.2, 0.25) is 5.02 Å². The zero-order valence-corrected chi connectivity index (χ0v) is 13.8. The highest BCUT2D eigenvalue weighted by atomic mass is 35.5. The number of ether oxygens (including phenoxy) is 1. The fourth-order valence-electron chi connectivity index (χ4n) is 2.71. The maximum absolute atomic E-state index is 11.1. The van der Waals surface area contributed by atoms with Gasteiger partial charge in [-0.3, -0.25) is 4.79 Å². The second-order valence-corrected chi connectivity index (χ2v) is 6.48. The van der Waals surface area contributed by atoms with Gasteiger partial charge in [0.05, 0.1) is 16.8 Å². The van der Waals surface area contributed by atoms with Crippen LogP contribution in [-0.4, -0.2) is 24.7 Å². The maximum Gasteiger partial charge on any atom is 0.221 e. The van der Waals surface area contributed by atoms with Crippen LogP contribution in [0.25, 0.3) is 0 Å². The van der Waals surface area contributed by atoms with Gasteiger partial charge in [-0.2, -0.15) is 0 Å². The van der Waals surface area contributed by atoms with Crippen molar-refractivity contribution in [2.24, 2.45) is 5.41 Å². The second-order valence-electron chi connectivity index (χ2n) is 6.07. The molecule has 0 aromatic heterocycles. The van der Waals surface area contributed by atoms with Gasteiger partial charge in [0, 0.05) is 30.7 Å². The molecule has 1 fully saturated rings. The Bertz CT molecular complexity index is 531. The third-order valence-corrected chi connectivity index (χ3v) is 4.48. The van der Waals surface area contributed by atoms with Crippen LogP contribution in [0.15, 0.2) is 18.2 Å². The number of carbonyl (C=O) groups is 1. The first kappa shape index (κ1) is 16.1. The molecule has 1 amide bonds. The van der Waals surface area contributed by atoms with Gasteiger partial charge in [0.1, 0.15) is 0 Å². The summed E-state index contributed by atoms with van der Waals surface area (Å²) in [7, 11) is 0. The number of amides is 1. The maximum atomic E-state index is 11.1. The van der Waals surface area contributed by atoms with Gasteiger partial charge in [0.15, 0.2) is 0 Å². The van der Waals surface area contributed by atoms with E-state index >= 15 is 0 Å². The van der Waals surface area contributed by atoms with Crippen LogP contribution in [0.1, 0.15) is 34.1 Å². The summed E-state index contributed by atoms with van der Waals surface area (Å²) >= 11 is 6.19. The highest BCUT2D eigenvalue weighted by molar-refractivity contribution is 6.34. The molecule has 0 heterocycles. The Morgan fingerprint density at radius 1 is 1.48 bits per heavy atom. The largest absolute Gasteiger partial charge is 0.382 e. The number of rotatable bonds is 5. The molecule has 2 rings (SSSR count). The van der Waals surface area contributed by atoms with Gasteiger partial charge < -0.3 is 15.4 Å². The number of nitrogens with one attached hydrogen (secondary N) is 2. The first-order chi connectivity index (χ1) is 9.84. The Labute approximate surface area is 131 Å². The number of hydrogen-bond acceptors (Lipinski definition) is 3. The fourth-order valence-corrected chi connectivity index (χ4v) is 2.94. The van der Waals surface area contributed by atoms with E-state index < -0.39 is 0 Å². The Morgan fingerprint density at radius 2 is 2.19 bits per heavy atom. The lowest BCUT2D eigenvalue weighted by Crippen LogP contribution is -2.58. The molecule has 2 N–H and O–H groups in total. The Balaban J connectivity index is 2.01. The molecule has 1 aliphatic rings. The smallest absolute Gasteiger partial charge is 0.221 e. The highest BCUT2D eigenvalue weighted by Gasteiger charge is 2.48. The third kappa shape index (κ3) is 3.50. The van der Waals surface area contributed by atoms with Crippen molar-refractivity contribution in [3.05, 3.63) is 23.2 Å². The zero-order chi connectivity index (χ0) is 15.6. The quantitative estimate of drug-likeness (QED) is 0.867. The second kappa shape index (κ2) is 6.24. The summed E-state index contributed by atoms with van der Waals surface area (Å²) in [6.07, 6.45) is 1.29. The molecule has 1 aromatic carbocycles. The minimum absolute atomic E-state index is 0.0960. The van der Waals surface area contributed by atoms with Gasteiger partial charge in [-0.15, -0.1) is 0 Å². The number of hydrogen-bond donors (Lipinski definition) is 2. The molecule has 0 radical (unpaired) electrons. The molecule has 1 aliphatic carbocycles. The Kier molecular flexibility index (Phi) is 4.79. The van der Waals surface area contributed by atoms with Gasteiger partial charge in [-0.05, 0) is 31.5 Å². The molecule has 1 saturated carbocycles. The average Bonchev–Trinajstić information content (AvgIpc) is 2.40. The molecule has 0 spiro atoms. The van der Waals surface area contributed by atoms with Crippen LogP contribution in [0.5, 0.6) is 0 Å². The molecule has 0 bridgehead atoms. The summed E-state index contributed by atoms with van der Waals surface area (Å²) in [5.74, 6) is -0.128. The van der Waals surface area contributed by atoms with Gasteiger partial charge in [0.25, 0.3) is 0 Å². The predicted octanol–water partition coefficient (Wildman–Crippen LogP) is 3.91. The van der Waals surface area contributed by atoms with Crippen molar-refractivity contribution in [2.45, 2.75) is 46.3 Å². The van der Waals surface area contributed by atoms with Crippen molar-refractivity contribution in [1.29, 1.82) is 0 Å². The lowest BCUT2D eigenvalue weighted by Gasteiger charge is -2.52. The Morgan fingerprint density at radius 3 is 2.71 bits per heavy atom. The predicted molar refractivity (Wildman–Crippen MR) is 87.0 cm³/mol. The summed E-state index contributed by atoms with van der Waals surface area (Å²) < 4.78 is 5.73. The third-order valence-electron chi connectivity index (χ3n) is 4.17.